The van der Waals surface area contributed by atoms with Crippen LogP contribution in [0.15, 0.2) is 40.9 Å². The first-order valence-corrected chi connectivity index (χ1v) is 7.11. The van der Waals surface area contributed by atoms with Gasteiger partial charge in [0.15, 0.2) is 0 Å². The lowest BCUT2D eigenvalue weighted by Gasteiger charge is -2.07. The van der Waals surface area contributed by atoms with Crippen LogP contribution < -0.4 is 5.32 Å². The molecule has 98 valence electrons. The topological polar surface area (TPSA) is 29.1 Å². The van der Waals surface area contributed by atoms with Gasteiger partial charge < -0.3 is 5.32 Å². The molecule has 0 aliphatic carbocycles. The molecule has 0 fully saturated rings. The zero-order chi connectivity index (χ0) is 14.0. The summed E-state index contributed by atoms with van der Waals surface area (Å²) in [6.45, 7) is 0. The fourth-order valence-corrected chi connectivity index (χ4v) is 2.48. The van der Waals surface area contributed by atoms with Gasteiger partial charge in [-0.05, 0) is 52.3 Å². The highest BCUT2D eigenvalue weighted by Gasteiger charge is 2.09. The Bertz CT molecular complexity index is 626. The van der Waals surface area contributed by atoms with E-state index in [1.54, 1.807) is 36.4 Å². The second kappa shape index (κ2) is 6.14. The van der Waals surface area contributed by atoms with Gasteiger partial charge in [-0.15, -0.1) is 0 Å². The molecule has 0 atom stereocenters. The van der Waals surface area contributed by atoms with E-state index in [4.69, 9.17) is 34.8 Å². The molecule has 0 bridgehead atoms. The van der Waals surface area contributed by atoms with Gasteiger partial charge in [0.25, 0.3) is 5.91 Å². The highest BCUT2D eigenvalue weighted by atomic mass is 79.9. The van der Waals surface area contributed by atoms with Crippen LogP contribution in [0.5, 0.6) is 0 Å². The molecule has 1 amide bonds. The van der Waals surface area contributed by atoms with Crippen molar-refractivity contribution in [1.82, 2.24) is 0 Å². The summed E-state index contributed by atoms with van der Waals surface area (Å²) in [6.07, 6.45) is 0. The van der Waals surface area contributed by atoms with E-state index < -0.39 is 0 Å². The quantitative estimate of drug-likeness (QED) is 0.716. The zero-order valence-corrected chi connectivity index (χ0v) is 13.2. The SMILES string of the molecule is O=C(Nc1ccc(Cl)c(Br)c1)c1cc(Cl)cc(Cl)c1. The van der Waals surface area contributed by atoms with E-state index in [0.29, 0.717) is 30.8 Å². The molecule has 0 aromatic heterocycles. The standard InChI is InChI=1S/C13H7BrCl3NO/c14-11-6-10(1-2-12(11)17)18-13(19)7-3-8(15)5-9(16)4-7/h1-6H,(H,18,19). The van der Waals surface area contributed by atoms with Gasteiger partial charge in [0.2, 0.25) is 0 Å². The summed E-state index contributed by atoms with van der Waals surface area (Å²) < 4.78 is 0.705. The summed E-state index contributed by atoms with van der Waals surface area (Å²) in [4.78, 5) is 12.0. The Kier molecular flexibility index (Phi) is 4.74. The first kappa shape index (κ1) is 14.7. The maximum atomic E-state index is 12.0. The fourth-order valence-electron chi connectivity index (χ4n) is 1.46. The third-order valence-corrected chi connectivity index (χ3v) is 3.95. The van der Waals surface area contributed by atoms with E-state index in [2.05, 4.69) is 21.2 Å². The van der Waals surface area contributed by atoms with Gasteiger partial charge in [0.1, 0.15) is 0 Å². The lowest BCUT2D eigenvalue weighted by atomic mass is 10.2. The predicted molar refractivity (Wildman–Crippen MR) is 83.6 cm³/mol. The van der Waals surface area contributed by atoms with Crippen LogP contribution in [0.25, 0.3) is 0 Å². The van der Waals surface area contributed by atoms with E-state index >= 15 is 0 Å². The van der Waals surface area contributed by atoms with E-state index in [9.17, 15) is 4.79 Å². The summed E-state index contributed by atoms with van der Waals surface area (Å²) in [5.74, 6) is -0.293. The normalized spacial score (nSPS) is 10.3. The second-order valence-electron chi connectivity index (χ2n) is 3.74. The van der Waals surface area contributed by atoms with Crippen LogP contribution in [-0.4, -0.2) is 5.91 Å². The number of rotatable bonds is 2. The maximum absolute atomic E-state index is 12.0. The lowest BCUT2D eigenvalue weighted by Crippen LogP contribution is -2.11. The van der Waals surface area contributed by atoms with Gasteiger partial charge in [0.05, 0.1) is 5.02 Å². The molecule has 19 heavy (non-hydrogen) atoms. The van der Waals surface area contributed by atoms with Crippen LogP contribution in [-0.2, 0) is 0 Å². The van der Waals surface area contributed by atoms with Crippen LogP contribution in [0.4, 0.5) is 5.69 Å². The van der Waals surface area contributed by atoms with E-state index in [1.807, 2.05) is 0 Å². The van der Waals surface area contributed by atoms with Crippen LogP contribution in [0.1, 0.15) is 10.4 Å². The molecular weight excluding hydrogens is 372 g/mol. The number of amides is 1. The minimum atomic E-state index is -0.293. The molecule has 2 rings (SSSR count). The van der Waals surface area contributed by atoms with Gasteiger partial charge in [0, 0.05) is 25.8 Å². The van der Waals surface area contributed by atoms with Crippen LogP contribution in [0, 0.1) is 0 Å². The van der Waals surface area contributed by atoms with Gasteiger partial charge >= 0.3 is 0 Å². The average Bonchev–Trinajstić information content (AvgIpc) is 2.32. The molecule has 0 saturated carbocycles. The number of halogens is 4. The Morgan fingerprint density at radius 2 is 1.63 bits per heavy atom. The molecule has 0 saturated heterocycles. The second-order valence-corrected chi connectivity index (χ2v) is 5.88. The zero-order valence-electron chi connectivity index (χ0n) is 9.38. The molecule has 0 aliphatic rings. The molecule has 0 radical (unpaired) electrons. The largest absolute Gasteiger partial charge is 0.322 e. The van der Waals surface area contributed by atoms with Crippen molar-refractivity contribution in [3.8, 4) is 0 Å². The molecule has 2 aromatic carbocycles. The van der Waals surface area contributed by atoms with Gasteiger partial charge in [-0.1, -0.05) is 34.8 Å². The monoisotopic (exact) mass is 377 g/mol. The fraction of sp³-hybridized carbons (Fsp3) is 0. The highest BCUT2D eigenvalue weighted by molar-refractivity contribution is 9.10. The summed E-state index contributed by atoms with van der Waals surface area (Å²) >= 11 is 20.9. The molecule has 1 N–H and O–H groups in total. The minimum Gasteiger partial charge on any atom is -0.322 e. The van der Waals surface area contributed by atoms with Crippen molar-refractivity contribution < 1.29 is 4.79 Å². The number of benzene rings is 2. The number of hydrogen-bond acceptors (Lipinski definition) is 1. The Balaban J connectivity index is 2.22. The van der Waals surface area contributed by atoms with Crippen molar-refractivity contribution in [2.24, 2.45) is 0 Å². The molecule has 2 nitrogen and oxygen atoms in total. The molecule has 6 heteroatoms. The summed E-state index contributed by atoms with van der Waals surface area (Å²) in [5.41, 5.74) is 1.01. The smallest absolute Gasteiger partial charge is 0.255 e. The van der Waals surface area contributed by atoms with Crippen LogP contribution in [0.3, 0.4) is 0 Å². The van der Waals surface area contributed by atoms with Crippen molar-refractivity contribution in [2.75, 3.05) is 5.32 Å². The van der Waals surface area contributed by atoms with Crippen LogP contribution in [0.2, 0.25) is 15.1 Å². The lowest BCUT2D eigenvalue weighted by molar-refractivity contribution is 0.102. The predicted octanol–water partition coefficient (Wildman–Crippen LogP) is 5.66. The molecule has 2 aromatic rings. The van der Waals surface area contributed by atoms with Crippen molar-refractivity contribution in [3.05, 3.63) is 61.5 Å². The van der Waals surface area contributed by atoms with E-state index in [-0.39, 0.29) is 5.91 Å². The summed E-state index contributed by atoms with van der Waals surface area (Å²) in [5, 5.41) is 4.13. The van der Waals surface area contributed by atoms with Crippen molar-refractivity contribution >= 4 is 62.3 Å². The maximum Gasteiger partial charge on any atom is 0.255 e. The highest BCUT2D eigenvalue weighted by Crippen LogP contribution is 2.26. The Labute approximate surface area is 133 Å². The number of carbonyl (C=O) groups excluding carboxylic acids is 1. The van der Waals surface area contributed by atoms with E-state index in [0.717, 1.165) is 0 Å². The summed E-state index contributed by atoms with van der Waals surface area (Å²) in [6, 6.07) is 9.77. The van der Waals surface area contributed by atoms with Crippen molar-refractivity contribution in [1.29, 1.82) is 0 Å². The number of anilines is 1. The van der Waals surface area contributed by atoms with Gasteiger partial charge in [-0.25, -0.2) is 0 Å². The molecule has 0 heterocycles. The van der Waals surface area contributed by atoms with E-state index in [1.165, 1.54) is 0 Å². The Hall–Kier alpha value is -0.740. The molecular formula is C13H7BrCl3NO. The first-order chi connectivity index (χ1) is 8.95. The van der Waals surface area contributed by atoms with Crippen LogP contribution >= 0.6 is 50.7 Å². The third kappa shape index (κ3) is 3.86. The van der Waals surface area contributed by atoms with Crippen molar-refractivity contribution in [2.45, 2.75) is 0 Å². The number of carbonyl (C=O) groups is 1. The molecule has 0 spiro atoms. The third-order valence-electron chi connectivity index (χ3n) is 2.30. The van der Waals surface area contributed by atoms with Crippen molar-refractivity contribution in [3.63, 3.8) is 0 Å². The Morgan fingerprint density at radius 1 is 1.00 bits per heavy atom. The number of nitrogens with one attached hydrogen (secondary N) is 1. The average molecular weight is 379 g/mol. The van der Waals surface area contributed by atoms with Gasteiger partial charge in [-0.2, -0.15) is 0 Å². The molecule has 0 unspecified atom stereocenters. The molecule has 0 aliphatic heterocycles. The summed E-state index contributed by atoms with van der Waals surface area (Å²) in [7, 11) is 0. The number of hydrogen-bond donors (Lipinski definition) is 1. The Morgan fingerprint density at radius 3 is 2.21 bits per heavy atom. The van der Waals surface area contributed by atoms with Gasteiger partial charge in [-0.3, -0.25) is 4.79 Å². The minimum absolute atomic E-state index is 0.293. The first-order valence-electron chi connectivity index (χ1n) is 5.18.